The molecule has 0 aliphatic carbocycles. The van der Waals surface area contributed by atoms with Crippen molar-refractivity contribution in [3.63, 3.8) is 0 Å². The van der Waals surface area contributed by atoms with E-state index in [1.807, 2.05) is 32.0 Å². The summed E-state index contributed by atoms with van der Waals surface area (Å²) >= 11 is 3.42. The summed E-state index contributed by atoms with van der Waals surface area (Å²) in [5.74, 6) is -0.201. The molecule has 1 aromatic rings. The minimum absolute atomic E-state index is 0.0560. The third kappa shape index (κ3) is 3.85. The number of hydrogen-bond donors (Lipinski definition) is 1. The fourth-order valence-corrected chi connectivity index (χ4v) is 1.76. The van der Waals surface area contributed by atoms with Gasteiger partial charge in [0.1, 0.15) is 0 Å². The minimum Gasteiger partial charge on any atom is -0.469 e. The Kier molecular flexibility index (Phi) is 4.80. The van der Waals surface area contributed by atoms with E-state index < -0.39 is 0 Å². The first kappa shape index (κ1) is 13.0. The van der Waals surface area contributed by atoms with Crippen LogP contribution in [-0.4, -0.2) is 19.1 Å². The maximum atomic E-state index is 11.1. The van der Waals surface area contributed by atoms with Crippen molar-refractivity contribution in [2.75, 3.05) is 12.4 Å². The van der Waals surface area contributed by atoms with Crippen molar-refractivity contribution in [1.82, 2.24) is 0 Å². The fourth-order valence-electron chi connectivity index (χ4n) is 1.40. The molecule has 4 heteroatoms. The maximum Gasteiger partial charge on any atom is 0.307 e. The lowest BCUT2D eigenvalue weighted by Gasteiger charge is -2.16. The lowest BCUT2D eigenvalue weighted by atomic mass is 10.1. The lowest BCUT2D eigenvalue weighted by molar-refractivity contribution is -0.140. The average Bonchev–Trinajstić information content (AvgIpc) is 2.23. The number of carbonyl (C=O) groups excluding carboxylic acids is 1. The summed E-state index contributed by atoms with van der Waals surface area (Å²) in [5, 5.41) is 3.29. The van der Waals surface area contributed by atoms with E-state index in [2.05, 4.69) is 26.0 Å². The fraction of sp³-hybridized carbons (Fsp3) is 0.417. The Labute approximate surface area is 104 Å². The van der Waals surface area contributed by atoms with Gasteiger partial charge in [-0.15, -0.1) is 0 Å². The second-order valence-corrected chi connectivity index (χ2v) is 4.70. The van der Waals surface area contributed by atoms with Gasteiger partial charge >= 0.3 is 5.97 Å². The zero-order valence-electron chi connectivity index (χ0n) is 9.71. The van der Waals surface area contributed by atoms with Gasteiger partial charge in [0, 0.05) is 16.2 Å². The number of esters is 1. The molecular weight excluding hydrogens is 270 g/mol. The highest BCUT2D eigenvalue weighted by molar-refractivity contribution is 9.10. The van der Waals surface area contributed by atoms with Gasteiger partial charge in [0.05, 0.1) is 13.5 Å². The molecular formula is C12H16BrNO2. The van der Waals surface area contributed by atoms with Crippen molar-refractivity contribution in [3.05, 3.63) is 28.2 Å². The number of carbonyl (C=O) groups is 1. The first-order valence-corrected chi connectivity index (χ1v) is 5.91. The molecule has 88 valence electrons. The predicted octanol–water partition coefficient (Wildman–Crippen LogP) is 3.12. The van der Waals surface area contributed by atoms with Gasteiger partial charge < -0.3 is 10.1 Å². The molecule has 1 N–H and O–H groups in total. The van der Waals surface area contributed by atoms with Crippen LogP contribution in [0.5, 0.6) is 0 Å². The standard InChI is InChI=1S/C12H16BrNO2/c1-8-4-5-10(13)7-11(8)14-9(2)6-12(15)16-3/h4-5,7,9,14H,6H2,1-3H3. The van der Waals surface area contributed by atoms with Crippen molar-refractivity contribution in [3.8, 4) is 0 Å². The van der Waals surface area contributed by atoms with Crippen LogP contribution < -0.4 is 5.32 Å². The number of ether oxygens (including phenoxy) is 1. The quantitative estimate of drug-likeness (QED) is 0.864. The van der Waals surface area contributed by atoms with Gasteiger partial charge in [-0.25, -0.2) is 0 Å². The van der Waals surface area contributed by atoms with Gasteiger partial charge in [-0.05, 0) is 31.5 Å². The van der Waals surface area contributed by atoms with Crippen molar-refractivity contribution in [1.29, 1.82) is 0 Å². The van der Waals surface area contributed by atoms with Crippen LogP contribution in [0.15, 0.2) is 22.7 Å². The molecule has 0 aliphatic rings. The van der Waals surface area contributed by atoms with E-state index in [0.29, 0.717) is 6.42 Å². The summed E-state index contributed by atoms with van der Waals surface area (Å²) in [7, 11) is 1.40. The van der Waals surface area contributed by atoms with Crippen LogP contribution in [-0.2, 0) is 9.53 Å². The monoisotopic (exact) mass is 285 g/mol. The minimum atomic E-state index is -0.201. The third-order valence-corrected chi connectivity index (χ3v) is 2.80. The highest BCUT2D eigenvalue weighted by Gasteiger charge is 2.09. The van der Waals surface area contributed by atoms with Crippen LogP contribution in [0.3, 0.4) is 0 Å². The van der Waals surface area contributed by atoms with Crippen LogP contribution >= 0.6 is 15.9 Å². The second kappa shape index (κ2) is 5.89. The Hall–Kier alpha value is -1.03. The van der Waals surface area contributed by atoms with Crippen LogP contribution in [0, 0.1) is 6.92 Å². The van der Waals surface area contributed by atoms with Gasteiger partial charge in [0.2, 0.25) is 0 Å². The summed E-state index contributed by atoms with van der Waals surface area (Å²) < 4.78 is 5.64. The third-order valence-electron chi connectivity index (χ3n) is 2.30. The zero-order valence-corrected chi connectivity index (χ0v) is 11.3. The Balaban J connectivity index is 2.65. The molecule has 0 amide bonds. The largest absolute Gasteiger partial charge is 0.469 e. The molecule has 1 rings (SSSR count). The molecule has 0 radical (unpaired) electrons. The smallest absolute Gasteiger partial charge is 0.307 e. The van der Waals surface area contributed by atoms with E-state index in [1.54, 1.807) is 0 Å². The molecule has 0 fully saturated rings. The van der Waals surface area contributed by atoms with Crippen LogP contribution in [0.4, 0.5) is 5.69 Å². The Morgan fingerprint density at radius 1 is 1.56 bits per heavy atom. The number of rotatable bonds is 4. The van der Waals surface area contributed by atoms with Crippen molar-refractivity contribution in [2.24, 2.45) is 0 Å². The molecule has 0 aliphatic heterocycles. The highest BCUT2D eigenvalue weighted by Crippen LogP contribution is 2.21. The van der Waals surface area contributed by atoms with Gasteiger partial charge in [-0.3, -0.25) is 4.79 Å². The highest BCUT2D eigenvalue weighted by atomic mass is 79.9. The van der Waals surface area contributed by atoms with Crippen molar-refractivity contribution in [2.45, 2.75) is 26.3 Å². The number of halogens is 1. The number of nitrogens with one attached hydrogen (secondary N) is 1. The van der Waals surface area contributed by atoms with Gasteiger partial charge in [-0.2, -0.15) is 0 Å². The normalized spacial score (nSPS) is 12.0. The van der Waals surface area contributed by atoms with Gasteiger partial charge in [0.25, 0.3) is 0 Å². The number of methoxy groups -OCH3 is 1. The van der Waals surface area contributed by atoms with Crippen LogP contribution in [0.1, 0.15) is 18.9 Å². The van der Waals surface area contributed by atoms with Crippen LogP contribution in [0.2, 0.25) is 0 Å². The number of hydrogen-bond acceptors (Lipinski definition) is 3. The molecule has 3 nitrogen and oxygen atoms in total. The van der Waals surface area contributed by atoms with E-state index >= 15 is 0 Å². The molecule has 0 heterocycles. The number of anilines is 1. The topological polar surface area (TPSA) is 38.3 Å². The average molecular weight is 286 g/mol. The summed E-state index contributed by atoms with van der Waals surface area (Å²) in [5.41, 5.74) is 2.19. The molecule has 16 heavy (non-hydrogen) atoms. The second-order valence-electron chi connectivity index (χ2n) is 3.78. The molecule has 0 bridgehead atoms. The van der Waals surface area contributed by atoms with Crippen LogP contribution in [0.25, 0.3) is 0 Å². The van der Waals surface area contributed by atoms with E-state index in [-0.39, 0.29) is 12.0 Å². The van der Waals surface area contributed by atoms with E-state index in [9.17, 15) is 4.79 Å². The summed E-state index contributed by atoms with van der Waals surface area (Å²) in [4.78, 5) is 11.1. The maximum absolute atomic E-state index is 11.1. The first-order valence-electron chi connectivity index (χ1n) is 5.12. The first-order chi connectivity index (χ1) is 7.52. The molecule has 0 saturated heterocycles. The number of aryl methyl sites for hydroxylation is 1. The molecule has 1 aromatic carbocycles. The molecule has 1 atom stereocenters. The summed E-state index contributed by atoms with van der Waals surface area (Å²) in [6.45, 7) is 3.98. The molecule has 0 saturated carbocycles. The van der Waals surface area contributed by atoms with Crippen molar-refractivity contribution >= 4 is 27.6 Å². The SMILES string of the molecule is COC(=O)CC(C)Nc1cc(Br)ccc1C. The summed E-state index contributed by atoms with van der Waals surface area (Å²) in [6, 6.07) is 6.08. The van der Waals surface area contributed by atoms with Gasteiger partial charge in [0.15, 0.2) is 0 Å². The predicted molar refractivity (Wildman–Crippen MR) is 68.6 cm³/mol. The Morgan fingerprint density at radius 3 is 2.88 bits per heavy atom. The van der Waals surface area contributed by atoms with E-state index in [1.165, 1.54) is 7.11 Å². The summed E-state index contributed by atoms with van der Waals surface area (Å²) in [6.07, 6.45) is 0.364. The molecule has 0 spiro atoms. The van der Waals surface area contributed by atoms with Gasteiger partial charge in [-0.1, -0.05) is 22.0 Å². The lowest BCUT2D eigenvalue weighted by Crippen LogP contribution is -2.20. The molecule has 1 unspecified atom stereocenters. The Morgan fingerprint density at radius 2 is 2.25 bits per heavy atom. The van der Waals surface area contributed by atoms with Crippen molar-refractivity contribution < 1.29 is 9.53 Å². The van der Waals surface area contributed by atoms with E-state index in [0.717, 1.165) is 15.7 Å². The zero-order chi connectivity index (χ0) is 12.1. The number of benzene rings is 1. The molecule has 0 aromatic heterocycles. The van der Waals surface area contributed by atoms with E-state index in [4.69, 9.17) is 0 Å². The Bertz CT molecular complexity index is 379.